The average molecular weight is 1210 g/mol. The SMILES string of the molecule is C=CC(=O)OCCCCCCOc1ccc(OC(=O)C2CCC(COc3ccc(OCC4CCC(C(=O)Oc5ccc(OCCCCCCOC(=O)C=C)cc5)CC4)c(/C=N/N(CCCCCCOC(=O)C=C)c4nc5ccccc5s4)c3)CC2)cc1. The number of hydrazone groups is 1. The zero-order chi connectivity index (χ0) is 61.3. The second-order valence-electron chi connectivity index (χ2n) is 21.9. The molecule has 0 radical (unpaired) electrons. The first-order valence-electron chi connectivity index (χ1n) is 30.9. The number of carbonyl (C=O) groups is 5. The Balaban J connectivity index is 0.901. The summed E-state index contributed by atoms with van der Waals surface area (Å²) in [6.45, 7) is 14.1. The molecular weight excluding hydrogens is 1130 g/mol. The number of ether oxygens (including phenoxy) is 9. The number of hydrogen-bond acceptors (Lipinski definition) is 18. The summed E-state index contributed by atoms with van der Waals surface area (Å²) in [5, 5.41) is 7.79. The third kappa shape index (κ3) is 24.0. The van der Waals surface area contributed by atoms with Gasteiger partial charge >= 0.3 is 29.8 Å². The van der Waals surface area contributed by atoms with E-state index in [-0.39, 0.29) is 35.6 Å². The molecular formula is C69H85N3O14S. The molecule has 18 heteroatoms. The van der Waals surface area contributed by atoms with Crippen molar-refractivity contribution in [3.63, 3.8) is 0 Å². The normalized spacial score (nSPS) is 16.5. The number of aromatic nitrogens is 1. The molecule has 4 aromatic carbocycles. The summed E-state index contributed by atoms with van der Waals surface area (Å²) in [4.78, 5) is 65.5. The van der Waals surface area contributed by atoms with E-state index in [0.29, 0.717) is 113 Å². The minimum absolute atomic E-state index is 0.200. The van der Waals surface area contributed by atoms with E-state index in [4.69, 9.17) is 52.7 Å². The van der Waals surface area contributed by atoms with E-state index in [0.717, 1.165) is 124 Å². The van der Waals surface area contributed by atoms with Crippen LogP contribution in [0.3, 0.4) is 0 Å². The van der Waals surface area contributed by atoms with E-state index in [1.165, 1.54) is 18.2 Å². The van der Waals surface area contributed by atoms with Crippen molar-refractivity contribution >= 4 is 62.7 Å². The molecule has 0 aliphatic heterocycles. The van der Waals surface area contributed by atoms with Gasteiger partial charge in [-0.05, 0) is 213 Å². The molecule has 0 unspecified atom stereocenters. The summed E-state index contributed by atoms with van der Waals surface area (Å²) in [6.07, 6.45) is 21.9. The summed E-state index contributed by atoms with van der Waals surface area (Å²) in [5.41, 5.74) is 1.65. The van der Waals surface area contributed by atoms with Gasteiger partial charge in [-0.1, -0.05) is 49.6 Å². The van der Waals surface area contributed by atoms with Crippen LogP contribution in [-0.4, -0.2) is 93.8 Å². The first kappa shape index (κ1) is 66.5. The fourth-order valence-electron chi connectivity index (χ4n) is 10.2. The van der Waals surface area contributed by atoms with Crippen molar-refractivity contribution in [2.75, 3.05) is 57.8 Å². The Labute approximate surface area is 516 Å². The maximum absolute atomic E-state index is 13.4. The Morgan fingerprint density at radius 1 is 0.494 bits per heavy atom. The number of nitrogens with zero attached hydrogens (tertiary/aromatic N) is 3. The summed E-state index contributed by atoms with van der Waals surface area (Å²) in [6, 6.07) is 28.2. The standard InChI is InChI=1S/C69H85N3O14S/c1-4-64(73)80-44-18-8-7-15-41-72(69-71-61-21-13-14-22-63(61)87-69)70-48-55-47-60(83-49-51-23-27-53(28-24-51)67(76)85-58-35-31-56(32-36-58)78-42-16-9-11-19-45-81-65(74)5-2)39-40-62(55)84-50-52-25-29-54(30-26-52)68(77)86-59-37-33-57(34-38-59)79-43-17-10-12-20-46-82-66(75)6-3/h4-6,13-14,21-22,31-40,47-48,51-54H,1-3,7-12,15-20,23-30,41-46,49-50H2/b70-48+. The number of anilines is 1. The smallest absolute Gasteiger partial charge is 0.330 e. The lowest BCUT2D eigenvalue weighted by molar-refractivity contribution is -0.141. The predicted molar refractivity (Wildman–Crippen MR) is 337 cm³/mol. The highest BCUT2D eigenvalue weighted by atomic mass is 32.1. The van der Waals surface area contributed by atoms with Crippen LogP contribution in [0.1, 0.15) is 134 Å². The van der Waals surface area contributed by atoms with Crippen LogP contribution >= 0.6 is 11.3 Å². The van der Waals surface area contributed by atoms with Gasteiger partial charge in [0.25, 0.3) is 0 Å². The lowest BCUT2D eigenvalue weighted by Gasteiger charge is -2.28. The lowest BCUT2D eigenvalue weighted by Crippen LogP contribution is -2.28. The molecule has 2 aliphatic rings. The van der Waals surface area contributed by atoms with Gasteiger partial charge in [-0.25, -0.2) is 24.4 Å². The van der Waals surface area contributed by atoms with Crippen LogP contribution < -0.4 is 33.4 Å². The van der Waals surface area contributed by atoms with Gasteiger partial charge in [-0.15, -0.1) is 0 Å². The van der Waals surface area contributed by atoms with Crippen molar-refractivity contribution in [1.29, 1.82) is 0 Å². The van der Waals surface area contributed by atoms with Gasteiger partial charge in [0.1, 0.15) is 34.5 Å². The quantitative estimate of drug-likeness (QED) is 0.00684. The van der Waals surface area contributed by atoms with Gasteiger partial charge in [-0.2, -0.15) is 5.10 Å². The van der Waals surface area contributed by atoms with Gasteiger partial charge in [0.05, 0.1) is 74.5 Å². The fraction of sp³-hybridized carbons (Fsp3) is 0.464. The molecule has 0 spiro atoms. The highest BCUT2D eigenvalue weighted by molar-refractivity contribution is 7.22. The fourth-order valence-corrected chi connectivity index (χ4v) is 11.2. The molecule has 0 N–H and O–H groups in total. The molecule has 17 nitrogen and oxygen atoms in total. The second-order valence-corrected chi connectivity index (χ2v) is 22.9. The molecule has 0 saturated heterocycles. The average Bonchev–Trinajstić information content (AvgIpc) is 3.36. The zero-order valence-corrected chi connectivity index (χ0v) is 51.0. The van der Waals surface area contributed by atoms with Crippen molar-refractivity contribution in [3.8, 4) is 34.5 Å². The first-order chi connectivity index (χ1) is 42.5. The maximum atomic E-state index is 13.4. The van der Waals surface area contributed by atoms with Gasteiger partial charge in [-0.3, -0.25) is 9.59 Å². The molecule has 1 aromatic heterocycles. The monoisotopic (exact) mass is 1210 g/mol. The summed E-state index contributed by atoms with van der Waals surface area (Å²) >= 11 is 1.58. The van der Waals surface area contributed by atoms with Crippen LogP contribution in [0.4, 0.5) is 5.13 Å². The topological polar surface area (TPSA) is 197 Å². The van der Waals surface area contributed by atoms with E-state index < -0.39 is 17.9 Å². The Morgan fingerprint density at radius 3 is 1.41 bits per heavy atom. The van der Waals surface area contributed by atoms with Crippen LogP contribution in [-0.2, 0) is 38.2 Å². The molecule has 2 aliphatic carbocycles. The number of para-hydroxylation sites is 1. The van der Waals surface area contributed by atoms with E-state index in [1.807, 2.05) is 71.9 Å². The van der Waals surface area contributed by atoms with Crippen molar-refractivity contribution in [2.24, 2.45) is 28.8 Å². The molecule has 0 atom stereocenters. The van der Waals surface area contributed by atoms with Crippen LogP contribution in [0.25, 0.3) is 10.2 Å². The van der Waals surface area contributed by atoms with Crippen LogP contribution in [0.15, 0.2) is 134 Å². The van der Waals surface area contributed by atoms with Crippen LogP contribution in [0.5, 0.6) is 34.5 Å². The third-order valence-electron chi connectivity index (χ3n) is 15.3. The van der Waals surface area contributed by atoms with E-state index in [9.17, 15) is 24.0 Å². The molecule has 7 rings (SSSR count). The molecule has 5 aromatic rings. The molecule has 466 valence electrons. The molecule has 0 bridgehead atoms. The van der Waals surface area contributed by atoms with Crippen molar-refractivity contribution in [1.82, 2.24) is 4.98 Å². The Morgan fingerprint density at radius 2 is 0.931 bits per heavy atom. The van der Waals surface area contributed by atoms with Gasteiger partial charge in [0.15, 0.2) is 0 Å². The van der Waals surface area contributed by atoms with E-state index >= 15 is 0 Å². The van der Waals surface area contributed by atoms with E-state index in [2.05, 4.69) is 25.8 Å². The van der Waals surface area contributed by atoms with Crippen LogP contribution in [0, 0.1) is 23.7 Å². The Bertz CT molecular complexity index is 2950. The van der Waals surface area contributed by atoms with Crippen molar-refractivity contribution in [3.05, 3.63) is 135 Å². The van der Waals surface area contributed by atoms with Crippen LogP contribution in [0.2, 0.25) is 0 Å². The maximum Gasteiger partial charge on any atom is 0.330 e. The molecule has 87 heavy (non-hydrogen) atoms. The largest absolute Gasteiger partial charge is 0.494 e. The summed E-state index contributed by atoms with van der Waals surface area (Å²) in [5.74, 6) is 2.14. The van der Waals surface area contributed by atoms with E-state index in [1.54, 1.807) is 35.6 Å². The molecule has 2 saturated carbocycles. The minimum atomic E-state index is -0.416. The number of fused-ring (bicyclic) bond motifs is 1. The summed E-state index contributed by atoms with van der Waals surface area (Å²) in [7, 11) is 0. The third-order valence-corrected chi connectivity index (χ3v) is 16.4. The number of esters is 5. The highest BCUT2D eigenvalue weighted by Crippen LogP contribution is 2.35. The Kier molecular flexibility index (Phi) is 28.7. The minimum Gasteiger partial charge on any atom is -0.494 e. The highest BCUT2D eigenvalue weighted by Gasteiger charge is 2.30. The number of unbranched alkanes of at least 4 members (excludes halogenated alkanes) is 9. The predicted octanol–water partition coefficient (Wildman–Crippen LogP) is 14.3. The number of carbonyl (C=O) groups excluding carboxylic acids is 5. The summed E-state index contributed by atoms with van der Waals surface area (Å²) < 4.78 is 52.8. The number of hydrogen-bond donors (Lipinski definition) is 0. The number of benzene rings is 4. The Hall–Kier alpha value is -7.99. The van der Waals surface area contributed by atoms with Gasteiger partial charge in [0, 0.05) is 30.3 Å². The second kappa shape index (κ2) is 37.5. The molecule has 1 heterocycles. The van der Waals surface area contributed by atoms with Crippen molar-refractivity contribution < 1.29 is 66.6 Å². The molecule has 2 fully saturated rings. The van der Waals surface area contributed by atoms with Gasteiger partial charge in [0.2, 0.25) is 5.13 Å². The first-order valence-corrected chi connectivity index (χ1v) is 31.7. The number of thiazole rings is 1. The van der Waals surface area contributed by atoms with Crippen molar-refractivity contribution in [2.45, 2.75) is 128 Å². The lowest BCUT2D eigenvalue weighted by atomic mass is 9.82. The van der Waals surface area contributed by atoms with Gasteiger partial charge < -0.3 is 42.6 Å². The number of rotatable bonds is 39. The zero-order valence-electron chi connectivity index (χ0n) is 50.2. The molecule has 0 amide bonds.